The number of pyridine rings is 1. The molecule has 1 aliphatic heterocycles. The van der Waals surface area contributed by atoms with Crippen molar-refractivity contribution in [2.24, 2.45) is 0 Å². The molecule has 15 heavy (non-hydrogen) atoms. The van der Waals surface area contributed by atoms with Crippen LogP contribution < -0.4 is 4.90 Å². The number of carbonyl (C=O) groups excluding carboxylic acids is 1. The van der Waals surface area contributed by atoms with E-state index in [1.807, 2.05) is 0 Å². The van der Waals surface area contributed by atoms with Crippen LogP contribution in [0.2, 0.25) is 0 Å². The third kappa shape index (κ3) is 1.61. The summed E-state index contributed by atoms with van der Waals surface area (Å²) >= 11 is 0. The highest BCUT2D eigenvalue weighted by molar-refractivity contribution is 5.97. The maximum atomic E-state index is 11.3. The van der Waals surface area contributed by atoms with Gasteiger partial charge in [-0.15, -0.1) is 0 Å². The highest BCUT2D eigenvalue weighted by Gasteiger charge is 2.39. The number of aromatic nitrogens is 1. The van der Waals surface area contributed by atoms with E-state index < -0.39 is 18.1 Å². The van der Waals surface area contributed by atoms with Crippen molar-refractivity contribution in [3.8, 4) is 0 Å². The van der Waals surface area contributed by atoms with E-state index in [0.29, 0.717) is 5.69 Å². The van der Waals surface area contributed by atoms with E-state index in [4.69, 9.17) is 5.11 Å². The van der Waals surface area contributed by atoms with Crippen LogP contribution in [0.3, 0.4) is 0 Å². The predicted octanol–water partition coefficient (Wildman–Crippen LogP) is 0.491. The summed E-state index contributed by atoms with van der Waals surface area (Å²) in [4.78, 5) is 27.0. The summed E-state index contributed by atoms with van der Waals surface area (Å²) in [6.45, 7) is -0.136. The largest absolute Gasteiger partial charge is 0.480 e. The van der Waals surface area contributed by atoms with Crippen molar-refractivity contribution in [3.63, 3.8) is 0 Å². The Morgan fingerprint density at radius 1 is 1.67 bits per heavy atom. The number of carboxylic acid groups (broad SMARTS) is 1. The Bertz CT molecular complexity index is 392. The molecule has 1 atom stereocenters. The Kier molecular flexibility index (Phi) is 2.24. The summed E-state index contributed by atoms with van der Waals surface area (Å²) < 4.78 is 4.67. The number of nitrogens with zero attached hydrogens (tertiary/aromatic N) is 2. The van der Waals surface area contributed by atoms with Gasteiger partial charge in [-0.05, 0) is 12.1 Å². The minimum atomic E-state index is -1.09. The fourth-order valence-electron chi connectivity index (χ4n) is 1.38. The van der Waals surface area contributed by atoms with Gasteiger partial charge in [0.05, 0.1) is 11.9 Å². The van der Waals surface area contributed by atoms with Crippen LogP contribution in [0.1, 0.15) is 0 Å². The molecule has 1 amide bonds. The second kappa shape index (κ2) is 3.56. The highest BCUT2D eigenvalue weighted by atomic mass is 16.6. The third-order valence-corrected chi connectivity index (χ3v) is 2.08. The lowest BCUT2D eigenvalue weighted by Gasteiger charge is -2.16. The lowest BCUT2D eigenvalue weighted by molar-refractivity contribution is -0.138. The standard InChI is InChI=1S/C9H8N2O4/c12-8(13)7-5-15-9(14)11(7)6-2-1-3-10-4-6/h1-4,7H,5H2,(H,12,13). The van der Waals surface area contributed by atoms with Crippen molar-refractivity contribution in [1.29, 1.82) is 0 Å². The number of ether oxygens (including phenoxy) is 1. The number of carboxylic acids is 1. The first-order chi connectivity index (χ1) is 7.20. The first-order valence-electron chi connectivity index (χ1n) is 4.29. The van der Waals surface area contributed by atoms with Crippen LogP contribution in [0.4, 0.5) is 10.5 Å². The van der Waals surface area contributed by atoms with Crippen LogP contribution in [0, 0.1) is 0 Å². The van der Waals surface area contributed by atoms with E-state index in [9.17, 15) is 9.59 Å². The quantitative estimate of drug-likeness (QED) is 0.765. The summed E-state index contributed by atoms with van der Waals surface area (Å²) in [5.74, 6) is -1.09. The predicted molar refractivity (Wildman–Crippen MR) is 49.5 cm³/mol. The molecule has 0 radical (unpaired) electrons. The third-order valence-electron chi connectivity index (χ3n) is 2.08. The molecule has 1 unspecified atom stereocenters. The van der Waals surface area contributed by atoms with E-state index in [1.165, 1.54) is 6.20 Å². The average molecular weight is 208 g/mol. The molecule has 0 aromatic carbocycles. The SMILES string of the molecule is O=C(O)C1COC(=O)N1c1cccnc1. The number of amides is 1. The summed E-state index contributed by atoms with van der Waals surface area (Å²) in [7, 11) is 0. The molecule has 1 aromatic rings. The number of hydrogen-bond acceptors (Lipinski definition) is 4. The minimum Gasteiger partial charge on any atom is -0.480 e. The fourth-order valence-corrected chi connectivity index (χ4v) is 1.38. The van der Waals surface area contributed by atoms with Crippen molar-refractivity contribution in [2.45, 2.75) is 6.04 Å². The summed E-state index contributed by atoms with van der Waals surface area (Å²) in [5, 5.41) is 8.87. The van der Waals surface area contributed by atoms with Gasteiger partial charge < -0.3 is 9.84 Å². The van der Waals surface area contributed by atoms with Gasteiger partial charge in [0, 0.05) is 6.20 Å². The molecule has 0 aliphatic carbocycles. The van der Waals surface area contributed by atoms with Crippen molar-refractivity contribution in [1.82, 2.24) is 4.98 Å². The molecule has 0 bridgehead atoms. The van der Waals surface area contributed by atoms with Gasteiger partial charge >= 0.3 is 12.1 Å². The smallest absolute Gasteiger partial charge is 0.415 e. The number of anilines is 1. The Hall–Kier alpha value is -2.11. The second-order valence-electron chi connectivity index (χ2n) is 3.01. The molecule has 1 saturated heterocycles. The topological polar surface area (TPSA) is 79.7 Å². The molecule has 2 rings (SSSR count). The van der Waals surface area contributed by atoms with Crippen molar-refractivity contribution in [2.75, 3.05) is 11.5 Å². The Balaban J connectivity index is 2.33. The number of aliphatic carboxylic acids is 1. The Morgan fingerprint density at radius 3 is 3.07 bits per heavy atom. The molecule has 0 spiro atoms. The van der Waals surface area contributed by atoms with Crippen LogP contribution in [-0.4, -0.2) is 34.8 Å². The van der Waals surface area contributed by atoms with Crippen molar-refractivity contribution in [3.05, 3.63) is 24.5 Å². The zero-order chi connectivity index (χ0) is 10.8. The zero-order valence-electron chi connectivity index (χ0n) is 7.66. The van der Waals surface area contributed by atoms with E-state index in [-0.39, 0.29) is 6.61 Å². The lowest BCUT2D eigenvalue weighted by Crippen LogP contribution is -2.39. The maximum Gasteiger partial charge on any atom is 0.415 e. The summed E-state index contributed by atoms with van der Waals surface area (Å²) in [6.07, 6.45) is 2.30. The zero-order valence-corrected chi connectivity index (χ0v) is 7.66. The molecule has 6 heteroatoms. The van der Waals surface area contributed by atoms with E-state index >= 15 is 0 Å². The number of hydrogen-bond donors (Lipinski definition) is 1. The van der Waals surface area contributed by atoms with E-state index in [1.54, 1.807) is 18.3 Å². The van der Waals surface area contributed by atoms with Crippen LogP contribution in [0.15, 0.2) is 24.5 Å². The molecular weight excluding hydrogens is 200 g/mol. The monoisotopic (exact) mass is 208 g/mol. The van der Waals surface area contributed by atoms with E-state index in [2.05, 4.69) is 9.72 Å². The van der Waals surface area contributed by atoms with Crippen LogP contribution in [0.5, 0.6) is 0 Å². The molecule has 1 fully saturated rings. The molecule has 1 aromatic heterocycles. The maximum absolute atomic E-state index is 11.3. The number of carbonyl (C=O) groups is 2. The minimum absolute atomic E-state index is 0.136. The normalized spacial score (nSPS) is 20.1. The molecular formula is C9H8N2O4. The Morgan fingerprint density at radius 2 is 2.47 bits per heavy atom. The van der Waals surface area contributed by atoms with Gasteiger partial charge in [0.1, 0.15) is 6.61 Å². The first kappa shape index (κ1) is 9.45. The molecule has 2 heterocycles. The average Bonchev–Trinajstić information content (AvgIpc) is 2.61. The second-order valence-corrected chi connectivity index (χ2v) is 3.01. The van der Waals surface area contributed by atoms with Crippen LogP contribution in [0.25, 0.3) is 0 Å². The number of rotatable bonds is 2. The van der Waals surface area contributed by atoms with Gasteiger partial charge in [-0.2, -0.15) is 0 Å². The number of cyclic esters (lactones) is 1. The molecule has 78 valence electrons. The van der Waals surface area contributed by atoms with E-state index in [0.717, 1.165) is 4.90 Å². The van der Waals surface area contributed by atoms with Crippen molar-refractivity contribution < 1.29 is 19.4 Å². The molecule has 0 saturated carbocycles. The molecule has 1 N–H and O–H groups in total. The van der Waals surface area contributed by atoms with Crippen molar-refractivity contribution >= 4 is 17.7 Å². The first-order valence-corrected chi connectivity index (χ1v) is 4.29. The van der Waals surface area contributed by atoms with Gasteiger partial charge in [0.2, 0.25) is 0 Å². The fraction of sp³-hybridized carbons (Fsp3) is 0.222. The van der Waals surface area contributed by atoms with Gasteiger partial charge in [-0.25, -0.2) is 9.59 Å². The summed E-state index contributed by atoms with van der Waals surface area (Å²) in [5.41, 5.74) is 0.424. The Labute approximate surface area is 85.1 Å². The lowest BCUT2D eigenvalue weighted by atomic mass is 10.2. The molecule has 1 aliphatic rings. The van der Waals surface area contributed by atoms with Crippen LogP contribution >= 0.6 is 0 Å². The van der Waals surface area contributed by atoms with Gasteiger partial charge in [0.25, 0.3) is 0 Å². The van der Waals surface area contributed by atoms with Gasteiger partial charge in [-0.3, -0.25) is 9.88 Å². The van der Waals surface area contributed by atoms with Gasteiger partial charge in [0.15, 0.2) is 6.04 Å². The highest BCUT2D eigenvalue weighted by Crippen LogP contribution is 2.21. The molecule has 6 nitrogen and oxygen atoms in total. The summed E-state index contributed by atoms with van der Waals surface area (Å²) in [6, 6.07) is 2.26. The van der Waals surface area contributed by atoms with Gasteiger partial charge in [-0.1, -0.05) is 0 Å². The van der Waals surface area contributed by atoms with Crippen LogP contribution in [-0.2, 0) is 9.53 Å².